The average molecular weight is 330 g/mol. The minimum absolute atomic E-state index is 0.255. The van der Waals surface area contributed by atoms with Gasteiger partial charge in [-0.3, -0.25) is 4.79 Å². The van der Waals surface area contributed by atoms with Crippen molar-refractivity contribution in [1.29, 1.82) is 0 Å². The third-order valence-corrected chi connectivity index (χ3v) is 3.86. The van der Waals surface area contributed by atoms with Crippen LogP contribution in [0.15, 0.2) is 59.7 Å². The SMILES string of the molecule is COc1ccc(C=Cc2nn3cnc4ccccc4c3nc2=O)cc1. The van der Waals surface area contributed by atoms with Crippen molar-refractivity contribution in [3.63, 3.8) is 0 Å². The summed E-state index contributed by atoms with van der Waals surface area (Å²) in [6.45, 7) is 0. The summed E-state index contributed by atoms with van der Waals surface area (Å²) in [5.41, 5.74) is 2.09. The molecule has 0 spiro atoms. The summed E-state index contributed by atoms with van der Waals surface area (Å²) < 4.78 is 6.65. The van der Waals surface area contributed by atoms with Gasteiger partial charge in [-0.1, -0.05) is 30.3 Å². The average Bonchev–Trinajstić information content (AvgIpc) is 2.67. The largest absolute Gasteiger partial charge is 0.497 e. The Balaban J connectivity index is 1.77. The van der Waals surface area contributed by atoms with Crippen LogP contribution in [0.5, 0.6) is 5.75 Å². The number of benzene rings is 2. The number of methoxy groups -OCH3 is 1. The normalized spacial score (nSPS) is 11.4. The van der Waals surface area contributed by atoms with Gasteiger partial charge in [0.05, 0.1) is 12.6 Å². The van der Waals surface area contributed by atoms with E-state index in [9.17, 15) is 4.79 Å². The molecule has 2 aromatic heterocycles. The molecule has 0 N–H and O–H groups in total. The molecule has 0 amide bonds. The zero-order valence-electron chi connectivity index (χ0n) is 13.5. The fourth-order valence-corrected chi connectivity index (χ4v) is 2.56. The van der Waals surface area contributed by atoms with Crippen molar-refractivity contribution in [3.8, 4) is 5.75 Å². The molecule has 2 aromatic carbocycles. The summed E-state index contributed by atoms with van der Waals surface area (Å²) >= 11 is 0. The molecule has 0 fully saturated rings. The van der Waals surface area contributed by atoms with Crippen LogP contribution < -0.4 is 10.3 Å². The molecule has 0 aliphatic rings. The molecule has 0 atom stereocenters. The molecule has 0 aliphatic carbocycles. The van der Waals surface area contributed by atoms with E-state index in [1.165, 1.54) is 4.52 Å². The Hall–Kier alpha value is -3.54. The molecule has 2 heterocycles. The zero-order valence-corrected chi connectivity index (χ0v) is 13.5. The molecule has 4 aromatic rings. The molecule has 122 valence electrons. The topological polar surface area (TPSA) is 69.4 Å². The number of ether oxygens (including phenoxy) is 1. The molecule has 0 saturated heterocycles. The second-order valence-corrected chi connectivity index (χ2v) is 5.44. The summed E-state index contributed by atoms with van der Waals surface area (Å²) in [5.74, 6) is 0.778. The Kier molecular flexibility index (Phi) is 3.70. The lowest BCUT2D eigenvalue weighted by atomic mass is 10.2. The van der Waals surface area contributed by atoms with Crippen molar-refractivity contribution in [3.05, 3.63) is 76.5 Å². The highest BCUT2D eigenvalue weighted by Gasteiger charge is 2.07. The second-order valence-electron chi connectivity index (χ2n) is 5.44. The molecular weight excluding hydrogens is 316 g/mol. The van der Waals surface area contributed by atoms with Crippen molar-refractivity contribution in [2.24, 2.45) is 0 Å². The minimum atomic E-state index is -0.374. The number of nitrogens with zero attached hydrogens (tertiary/aromatic N) is 4. The first-order valence-electron chi connectivity index (χ1n) is 7.71. The van der Waals surface area contributed by atoms with E-state index < -0.39 is 0 Å². The van der Waals surface area contributed by atoms with Gasteiger partial charge in [-0.25, -0.2) is 9.50 Å². The van der Waals surface area contributed by atoms with Crippen molar-refractivity contribution in [2.45, 2.75) is 0 Å². The second kappa shape index (κ2) is 6.16. The highest BCUT2D eigenvalue weighted by molar-refractivity contribution is 5.90. The van der Waals surface area contributed by atoms with Crippen LogP contribution in [-0.4, -0.2) is 26.7 Å². The maximum atomic E-state index is 12.3. The van der Waals surface area contributed by atoms with Crippen LogP contribution in [0.4, 0.5) is 0 Å². The van der Waals surface area contributed by atoms with Crippen LogP contribution in [0.3, 0.4) is 0 Å². The Morgan fingerprint density at radius 1 is 1.04 bits per heavy atom. The van der Waals surface area contributed by atoms with Gasteiger partial charge in [0.1, 0.15) is 12.1 Å². The monoisotopic (exact) mass is 330 g/mol. The molecule has 0 unspecified atom stereocenters. The van der Waals surface area contributed by atoms with E-state index in [1.807, 2.05) is 54.6 Å². The van der Waals surface area contributed by atoms with Gasteiger partial charge < -0.3 is 4.74 Å². The molecule has 0 saturated carbocycles. The fourth-order valence-electron chi connectivity index (χ4n) is 2.56. The summed E-state index contributed by atoms with van der Waals surface area (Å²) in [5, 5.41) is 5.13. The van der Waals surface area contributed by atoms with E-state index in [-0.39, 0.29) is 11.3 Å². The first-order valence-corrected chi connectivity index (χ1v) is 7.71. The van der Waals surface area contributed by atoms with Crippen LogP contribution in [0.1, 0.15) is 11.3 Å². The Morgan fingerprint density at radius 2 is 1.84 bits per heavy atom. The van der Waals surface area contributed by atoms with Crippen molar-refractivity contribution in [2.75, 3.05) is 7.11 Å². The van der Waals surface area contributed by atoms with Crippen LogP contribution in [0.25, 0.3) is 28.7 Å². The Morgan fingerprint density at radius 3 is 2.64 bits per heavy atom. The van der Waals surface area contributed by atoms with Gasteiger partial charge in [0.25, 0.3) is 5.56 Å². The van der Waals surface area contributed by atoms with E-state index in [1.54, 1.807) is 19.5 Å². The maximum absolute atomic E-state index is 12.3. The maximum Gasteiger partial charge on any atom is 0.299 e. The first kappa shape index (κ1) is 15.0. The van der Waals surface area contributed by atoms with Gasteiger partial charge in [-0.2, -0.15) is 10.1 Å². The highest BCUT2D eigenvalue weighted by atomic mass is 16.5. The van der Waals surface area contributed by atoms with Gasteiger partial charge in [0, 0.05) is 5.39 Å². The van der Waals surface area contributed by atoms with Crippen LogP contribution >= 0.6 is 0 Å². The van der Waals surface area contributed by atoms with Crippen LogP contribution in [-0.2, 0) is 0 Å². The van der Waals surface area contributed by atoms with Gasteiger partial charge in [-0.15, -0.1) is 0 Å². The predicted octanol–water partition coefficient (Wildman–Crippen LogP) is 2.82. The van der Waals surface area contributed by atoms with E-state index in [0.29, 0.717) is 5.65 Å². The van der Waals surface area contributed by atoms with Crippen molar-refractivity contribution >= 4 is 28.7 Å². The summed E-state index contributed by atoms with van der Waals surface area (Å²) in [4.78, 5) is 20.8. The molecule has 4 rings (SSSR count). The summed E-state index contributed by atoms with van der Waals surface area (Å²) in [6.07, 6.45) is 5.03. The molecular formula is C19H14N4O2. The van der Waals surface area contributed by atoms with Crippen LogP contribution in [0.2, 0.25) is 0 Å². The van der Waals surface area contributed by atoms with E-state index in [0.717, 1.165) is 22.2 Å². The van der Waals surface area contributed by atoms with E-state index in [4.69, 9.17) is 4.74 Å². The number of rotatable bonds is 3. The lowest BCUT2D eigenvalue weighted by molar-refractivity contribution is 0.415. The molecule has 0 radical (unpaired) electrons. The molecule has 6 heteroatoms. The number of aromatic nitrogens is 4. The third kappa shape index (κ3) is 2.85. The predicted molar refractivity (Wildman–Crippen MR) is 96.5 cm³/mol. The molecule has 6 nitrogen and oxygen atoms in total. The van der Waals surface area contributed by atoms with Gasteiger partial charge in [0.15, 0.2) is 11.3 Å². The zero-order chi connectivity index (χ0) is 17.2. The van der Waals surface area contributed by atoms with Gasteiger partial charge in [0.2, 0.25) is 0 Å². The number of fused-ring (bicyclic) bond motifs is 3. The molecule has 0 aliphatic heterocycles. The lowest BCUT2D eigenvalue weighted by Gasteiger charge is -2.03. The third-order valence-electron chi connectivity index (χ3n) is 3.86. The van der Waals surface area contributed by atoms with Crippen LogP contribution in [0, 0.1) is 0 Å². The quantitative estimate of drug-likeness (QED) is 0.540. The molecule has 25 heavy (non-hydrogen) atoms. The lowest BCUT2D eigenvalue weighted by Crippen LogP contribution is -2.16. The van der Waals surface area contributed by atoms with Gasteiger partial charge >= 0.3 is 0 Å². The number of hydrogen-bond donors (Lipinski definition) is 0. The number of para-hydroxylation sites is 1. The highest BCUT2D eigenvalue weighted by Crippen LogP contribution is 2.15. The van der Waals surface area contributed by atoms with E-state index >= 15 is 0 Å². The summed E-state index contributed by atoms with van der Waals surface area (Å²) in [7, 11) is 1.62. The smallest absolute Gasteiger partial charge is 0.299 e. The number of hydrogen-bond acceptors (Lipinski definition) is 5. The van der Waals surface area contributed by atoms with Crippen molar-refractivity contribution < 1.29 is 4.74 Å². The fraction of sp³-hybridized carbons (Fsp3) is 0.0526. The molecule has 0 bridgehead atoms. The standard InChI is InChI=1S/C19H14N4O2/c1-25-14-9-6-13(7-10-14)8-11-17-19(24)21-18-15-4-2-3-5-16(15)20-12-23(18)22-17/h2-12H,1H3. The van der Waals surface area contributed by atoms with Crippen molar-refractivity contribution in [1.82, 2.24) is 19.6 Å². The Bertz CT molecular complexity index is 1150. The van der Waals surface area contributed by atoms with E-state index in [2.05, 4.69) is 15.1 Å². The Labute approximate surface area is 143 Å². The first-order chi connectivity index (χ1) is 12.2. The summed E-state index contributed by atoms with van der Waals surface area (Å²) in [6, 6.07) is 15.0. The van der Waals surface area contributed by atoms with Gasteiger partial charge in [-0.05, 0) is 35.9 Å². The minimum Gasteiger partial charge on any atom is -0.497 e.